The van der Waals surface area contributed by atoms with E-state index in [0.29, 0.717) is 12.8 Å². The van der Waals surface area contributed by atoms with E-state index < -0.39 is 11.9 Å². The second-order valence-corrected chi connectivity index (χ2v) is 12.2. The average molecular weight is 774 g/mol. The third-order valence-electron chi connectivity index (χ3n) is 7.99. The third kappa shape index (κ3) is 53.7. The zero-order valence-corrected chi connectivity index (χ0v) is 31.0. The summed E-state index contributed by atoms with van der Waals surface area (Å²) in [5.74, 6) is -1.31. The number of carboxylic acids is 2. The van der Waals surface area contributed by atoms with Gasteiger partial charge in [0.25, 0.3) is 0 Å². The van der Waals surface area contributed by atoms with Crippen LogP contribution in [0.2, 0.25) is 0 Å². The van der Waals surface area contributed by atoms with Crippen molar-refractivity contribution in [2.24, 2.45) is 0 Å². The van der Waals surface area contributed by atoms with Crippen molar-refractivity contribution in [2.75, 3.05) is 0 Å². The molecule has 0 saturated heterocycles. The van der Waals surface area contributed by atoms with Crippen molar-refractivity contribution in [1.29, 1.82) is 0 Å². The van der Waals surface area contributed by atoms with E-state index in [-0.39, 0.29) is 68.4 Å². The molecule has 0 aromatic heterocycles. The first-order valence-corrected chi connectivity index (χ1v) is 18.0. The van der Waals surface area contributed by atoms with E-state index >= 15 is 0 Å². The number of carbonyl (C=O) groups is 2. The smallest absolute Gasteiger partial charge is 0 e. The van der Waals surface area contributed by atoms with E-state index in [4.69, 9.17) is 10.2 Å². The summed E-state index contributed by atoms with van der Waals surface area (Å²) >= 11 is 0. The van der Waals surface area contributed by atoms with Gasteiger partial charge in [-0.15, -0.1) is 0 Å². The predicted octanol–water partition coefficient (Wildman–Crippen LogP) is 11.7. The van der Waals surface area contributed by atoms with Crippen molar-refractivity contribution in [3.05, 3.63) is 0 Å². The van der Waals surface area contributed by atoms with Crippen molar-refractivity contribution in [3.63, 3.8) is 0 Å². The minimum absolute atomic E-state index is 0. The molecule has 246 valence electrons. The van der Waals surface area contributed by atoms with E-state index in [2.05, 4.69) is 13.8 Å². The van der Waals surface area contributed by atoms with Gasteiger partial charge in [-0.1, -0.05) is 194 Å². The van der Waals surface area contributed by atoms with Crippen LogP contribution >= 0.6 is 0 Å². The van der Waals surface area contributed by atoms with Gasteiger partial charge in [-0.25, -0.2) is 0 Å². The van der Waals surface area contributed by atoms with Crippen LogP contribution in [0.3, 0.4) is 0 Å². The number of carboxylic acid groups (broad SMARTS) is 2. The van der Waals surface area contributed by atoms with Gasteiger partial charge in [-0.2, -0.15) is 0 Å². The predicted molar refractivity (Wildman–Crippen MR) is 183 cm³/mol. The fourth-order valence-electron chi connectivity index (χ4n) is 5.30. The molecule has 0 radical (unpaired) electrons. The van der Waals surface area contributed by atoms with Gasteiger partial charge in [0.05, 0.1) is 0 Å². The number of hydrogen-bond acceptors (Lipinski definition) is 2. The topological polar surface area (TPSA) is 74.6 Å². The van der Waals surface area contributed by atoms with E-state index in [1.54, 1.807) is 0 Å². The molecule has 0 aromatic carbocycles. The molecule has 0 fully saturated rings. The van der Waals surface area contributed by atoms with E-state index in [1.807, 2.05) is 0 Å². The SMILES string of the molecule is CCCCCCCCCCCCCCCCCC(=O)O.CCCCCCCCCCCCCCCCCC(=O)O.[BaH2].[Zn]. The maximum absolute atomic E-state index is 10.3. The minimum atomic E-state index is -0.653. The standard InChI is InChI=1S/2C18H36O2.Ba.Zn.2H/c2*1-2-3-4-5-6-7-8-9-10-11-12-13-14-15-16-17-18(19)20;;;;/h2*2-17H2,1H3,(H,19,20);;;;. The molecular weight excluding hydrogens is 699 g/mol. The van der Waals surface area contributed by atoms with Gasteiger partial charge in [-0.05, 0) is 12.8 Å². The molecule has 0 aliphatic carbocycles. The fraction of sp³-hybridized carbons (Fsp3) is 0.944. The fourth-order valence-corrected chi connectivity index (χ4v) is 5.30. The van der Waals surface area contributed by atoms with Crippen LogP contribution in [0.15, 0.2) is 0 Å². The molecular formula is C36H74BaO4Zn. The minimum Gasteiger partial charge on any atom is 0 e. The van der Waals surface area contributed by atoms with Gasteiger partial charge in [0, 0.05) is 32.3 Å². The molecule has 0 rings (SSSR count). The molecule has 0 heterocycles. The monoisotopic (exact) mass is 772 g/mol. The molecule has 0 atom stereocenters. The summed E-state index contributed by atoms with van der Waals surface area (Å²) < 4.78 is 0. The van der Waals surface area contributed by atoms with Crippen molar-refractivity contribution in [1.82, 2.24) is 0 Å². The Balaban J connectivity index is -0.000000328. The van der Waals surface area contributed by atoms with Crippen LogP contribution in [0.1, 0.15) is 219 Å². The Morgan fingerprint density at radius 2 is 0.476 bits per heavy atom. The normalized spacial score (nSPS) is 10.3. The van der Waals surface area contributed by atoms with Crippen LogP contribution in [-0.4, -0.2) is 71.0 Å². The molecule has 0 aromatic rings. The van der Waals surface area contributed by atoms with Gasteiger partial charge in [-0.3, -0.25) is 9.59 Å². The van der Waals surface area contributed by atoms with Gasteiger partial charge >= 0.3 is 60.8 Å². The number of hydrogen-bond donors (Lipinski definition) is 2. The van der Waals surface area contributed by atoms with Crippen molar-refractivity contribution in [3.8, 4) is 0 Å². The second-order valence-electron chi connectivity index (χ2n) is 12.2. The van der Waals surface area contributed by atoms with E-state index in [9.17, 15) is 9.59 Å². The zero-order chi connectivity index (χ0) is 29.8. The zero-order valence-electron chi connectivity index (χ0n) is 28.0. The Hall–Kier alpha value is 1.13. The van der Waals surface area contributed by atoms with Gasteiger partial charge < -0.3 is 10.2 Å². The summed E-state index contributed by atoms with van der Waals surface area (Å²) in [6.45, 7) is 4.54. The van der Waals surface area contributed by atoms with E-state index in [1.165, 1.54) is 167 Å². The number of aliphatic carboxylic acids is 2. The number of rotatable bonds is 32. The van der Waals surface area contributed by atoms with Crippen molar-refractivity contribution < 1.29 is 39.3 Å². The molecule has 42 heavy (non-hydrogen) atoms. The molecule has 0 bridgehead atoms. The van der Waals surface area contributed by atoms with Crippen LogP contribution in [0.25, 0.3) is 0 Å². The van der Waals surface area contributed by atoms with Crippen LogP contribution in [0, 0.1) is 0 Å². The third-order valence-corrected chi connectivity index (χ3v) is 7.99. The summed E-state index contributed by atoms with van der Waals surface area (Å²) in [6, 6.07) is 0. The summed E-state index contributed by atoms with van der Waals surface area (Å²) in [5, 5.41) is 17.0. The molecule has 0 amide bonds. The number of unbranched alkanes of at least 4 members (excludes halogenated alkanes) is 28. The summed E-state index contributed by atoms with van der Waals surface area (Å²) in [5.41, 5.74) is 0. The van der Waals surface area contributed by atoms with Crippen LogP contribution in [0.4, 0.5) is 0 Å². The quantitative estimate of drug-likeness (QED) is 0.0527. The average Bonchev–Trinajstić information content (AvgIpc) is 2.93. The molecule has 6 heteroatoms. The van der Waals surface area contributed by atoms with Crippen molar-refractivity contribution in [2.45, 2.75) is 219 Å². The molecule has 0 saturated carbocycles. The van der Waals surface area contributed by atoms with Crippen LogP contribution in [-0.2, 0) is 29.1 Å². The van der Waals surface area contributed by atoms with E-state index in [0.717, 1.165) is 25.7 Å². The Labute approximate surface area is 316 Å². The molecule has 0 spiro atoms. The largest absolute Gasteiger partial charge is 0 e. The Bertz CT molecular complexity index is 461. The summed E-state index contributed by atoms with van der Waals surface area (Å²) in [6.07, 6.45) is 40.4. The second kappa shape index (κ2) is 46.6. The molecule has 0 aliphatic heterocycles. The van der Waals surface area contributed by atoms with Crippen molar-refractivity contribution >= 4 is 60.8 Å². The first-order valence-electron chi connectivity index (χ1n) is 18.0. The maximum Gasteiger partial charge on any atom is 0 e. The molecule has 0 aliphatic rings. The Kier molecular flexibility index (Phi) is 55.4. The van der Waals surface area contributed by atoms with Gasteiger partial charge in [0.2, 0.25) is 0 Å². The first-order chi connectivity index (χ1) is 19.5. The van der Waals surface area contributed by atoms with Gasteiger partial charge in [0.15, 0.2) is 0 Å². The maximum atomic E-state index is 10.3. The van der Waals surface area contributed by atoms with Crippen LogP contribution in [0.5, 0.6) is 0 Å². The first kappa shape index (κ1) is 50.0. The summed E-state index contributed by atoms with van der Waals surface area (Å²) in [7, 11) is 0. The Morgan fingerprint density at radius 1 is 0.333 bits per heavy atom. The molecule has 0 unspecified atom stereocenters. The molecule has 4 nitrogen and oxygen atoms in total. The summed E-state index contributed by atoms with van der Waals surface area (Å²) in [4.78, 5) is 20.7. The van der Waals surface area contributed by atoms with Gasteiger partial charge in [0.1, 0.15) is 0 Å². The van der Waals surface area contributed by atoms with Crippen LogP contribution < -0.4 is 0 Å². The Morgan fingerprint density at radius 3 is 0.619 bits per heavy atom. The molecule has 2 N–H and O–H groups in total.